The second kappa shape index (κ2) is 8.12. The molecule has 9 heteroatoms. The number of primary amides is 1. The Bertz CT molecular complexity index is 909. The van der Waals surface area contributed by atoms with Gasteiger partial charge < -0.3 is 16.0 Å². The molecule has 0 bridgehead atoms. The number of aromatic nitrogens is 2. The number of pyridine rings is 2. The summed E-state index contributed by atoms with van der Waals surface area (Å²) < 4.78 is 13.1. The Morgan fingerprint density at radius 2 is 2.04 bits per heavy atom. The van der Waals surface area contributed by atoms with Gasteiger partial charge in [-0.25, -0.2) is 4.98 Å². The van der Waals surface area contributed by atoms with Crippen molar-refractivity contribution in [3.8, 4) is 0 Å². The summed E-state index contributed by atoms with van der Waals surface area (Å²) in [7, 11) is 0. The Kier molecular flexibility index (Phi) is 5.62. The monoisotopic (exact) mass is 387 g/mol. The van der Waals surface area contributed by atoms with Gasteiger partial charge in [0.15, 0.2) is 0 Å². The van der Waals surface area contributed by atoms with Gasteiger partial charge in [0, 0.05) is 20.4 Å². The summed E-state index contributed by atoms with van der Waals surface area (Å²) in [6.07, 6.45) is 5.49. The van der Waals surface area contributed by atoms with Crippen LogP contribution in [0.3, 0.4) is 0 Å². The molecule has 2 aromatic rings. The molecular weight excluding hydrogens is 365 g/mol. The summed E-state index contributed by atoms with van der Waals surface area (Å²) in [6, 6.07) is 3.79. The first-order chi connectivity index (χ1) is 13.3. The van der Waals surface area contributed by atoms with Gasteiger partial charge in [-0.1, -0.05) is 13.0 Å². The van der Waals surface area contributed by atoms with Crippen molar-refractivity contribution in [1.29, 1.82) is 0 Å². The minimum atomic E-state index is -0.849. The van der Waals surface area contributed by atoms with Gasteiger partial charge in [-0.05, 0) is 36.5 Å². The van der Waals surface area contributed by atoms with Crippen molar-refractivity contribution < 1.29 is 20.2 Å². The lowest BCUT2D eigenvalue weighted by Gasteiger charge is -2.38. The van der Waals surface area contributed by atoms with Gasteiger partial charge in [-0.15, -0.1) is 0 Å². The smallest absolute Gasteiger partial charge is 0.313 e. The van der Waals surface area contributed by atoms with Gasteiger partial charge in [0.2, 0.25) is 11.9 Å². The van der Waals surface area contributed by atoms with E-state index in [1.165, 1.54) is 35.6 Å². The van der Waals surface area contributed by atoms with Crippen LogP contribution < -0.4 is 11.1 Å². The number of hydrogen-bond donors (Lipinski definition) is 2. The van der Waals surface area contributed by atoms with Crippen LogP contribution in [0.2, 0.25) is 0 Å². The molecule has 0 aliphatic carbocycles. The largest absolute Gasteiger partial charge is 0.366 e. The maximum absolute atomic E-state index is 13.1. The summed E-state index contributed by atoms with van der Waals surface area (Å²) in [5.74, 6) is -2.64. The third-order valence-electron chi connectivity index (χ3n) is 4.69. The molecule has 8 nitrogen and oxygen atoms in total. The van der Waals surface area contributed by atoms with Crippen molar-refractivity contribution >= 4 is 23.4 Å². The molecule has 28 heavy (non-hydrogen) atoms. The van der Waals surface area contributed by atoms with Crippen molar-refractivity contribution in [2.24, 2.45) is 11.7 Å². The molecule has 2 aromatic heterocycles. The fraction of sp³-hybridized carbons (Fsp3) is 0.316. The Balaban J connectivity index is 0.00000300. The SMILES string of the molecule is C[C@@H]1CC[C@@H](c2ccc(F)nc2)N(C(=O)C(=O)Nc2cncc(C(N)=O)c2)C1.[HH]. The fourth-order valence-electron chi connectivity index (χ4n) is 3.27. The van der Waals surface area contributed by atoms with E-state index >= 15 is 0 Å². The Labute approximate surface area is 162 Å². The number of hydrogen-bond acceptors (Lipinski definition) is 5. The Morgan fingerprint density at radius 3 is 2.71 bits per heavy atom. The first kappa shape index (κ1) is 19.4. The van der Waals surface area contributed by atoms with E-state index in [1.54, 1.807) is 6.07 Å². The number of carbonyl (C=O) groups is 3. The second-order valence-corrected chi connectivity index (χ2v) is 6.85. The lowest BCUT2D eigenvalue weighted by molar-refractivity contribution is -0.146. The zero-order chi connectivity index (χ0) is 20.3. The standard InChI is InChI=1S/C19H20FN5O3.H2/c1-11-2-4-15(12-3-5-16(20)23-8-12)25(10-11)19(28)18(27)24-14-6-13(17(21)26)7-22-9-14;/h3,5-9,11,15H,2,4,10H2,1H3,(H2,21,26)(H,24,27);1H/t11-,15+;/m1./s1. The van der Waals surface area contributed by atoms with E-state index in [0.29, 0.717) is 18.5 Å². The van der Waals surface area contributed by atoms with Gasteiger partial charge in [-0.2, -0.15) is 4.39 Å². The van der Waals surface area contributed by atoms with E-state index in [0.717, 1.165) is 6.42 Å². The molecule has 1 fully saturated rings. The Hall–Kier alpha value is -3.36. The highest BCUT2D eigenvalue weighted by Gasteiger charge is 2.34. The molecule has 0 spiro atoms. The highest BCUT2D eigenvalue weighted by molar-refractivity contribution is 6.39. The normalized spacial score (nSPS) is 19.1. The van der Waals surface area contributed by atoms with Crippen LogP contribution in [0.25, 0.3) is 0 Å². The number of nitrogens with one attached hydrogen (secondary N) is 1. The van der Waals surface area contributed by atoms with Crippen molar-refractivity contribution in [2.45, 2.75) is 25.8 Å². The van der Waals surface area contributed by atoms with Crippen molar-refractivity contribution in [2.75, 3.05) is 11.9 Å². The molecular formula is C19H22FN5O3. The molecule has 0 unspecified atom stereocenters. The van der Waals surface area contributed by atoms with Crippen LogP contribution in [0.4, 0.5) is 10.1 Å². The van der Waals surface area contributed by atoms with E-state index in [1.807, 2.05) is 6.92 Å². The number of likely N-dealkylation sites (tertiary alicyclic amines) is 1. The quantitative estimate of drug-likeness (QED) is 0.616. The van der Waals surface area contributed by atoms with E-state index < -0.39 is 23.7 Å². The number of nitrogens with two attached hydrogens (primary N) is 1. The van der Waals surface area contributed by atoms with Gasteiger partial charge in [0.05, 0.1) is 23.5 Å². The molecule has 148 valence electrons. The number of rotatable bonds is 3. The topological polar surface area (TPSA) is 118 Å². The average molecular weight is 387 g/mol. The van der Waals surface area contributed by atoms with Crippen LogP contribution in [0.15, 0.2) is 36.8 Å². The van der Waals surface area contributed by atoms with Crippen LogP contribution in [0.1, 0.15) is 43.2 Å². The van der Waals surface area contributed by atoms with Crippen LogP contribution in [-0.2, 0) is 9.59 Å². The highest BCUT2D eigenvalue weighted by atomic mass is 19.1. The molecule has 2 atom stereocenters. The number of anilines is 1. The zero-order valence-corrected chi connectivity index (χ0v) is 15.3. The van der Waals surface area contributed by atoms with E-state index in [2.05, 4.69) is 15.3 Å². The van der Waals surface area contributed by atoms with Gasteiger partial charge in [0.1, 0.15) is 0 Å². The van der Waals surface area contributed by atoms with E-state index in [4.69, 9.17) is 5.73 Å². The second-order valence-electron chi connectivity index (χ2n) is 6.85. The summed E-state index contributed by atoms with van der Waals surface area (Å²) in [4.78, 5) is 45.5. The number of amides is 3. The molecule has 0 radical (unpaired) electrons. The summed E-state index contributed by atoms with van der Waals surface area (Å²) in [5.41, 5.74) is 6.18. The molecule has 1 saturated heterocycles. The fourth-order valence-corrected chi connectivity index (χ4v) is 3.27. The van der Waals surface area contributed by atoms with Crippen LogP contribution in [0.5, 0.6) is 0 Å². The number of halogens is 1. The molecule has 3 amide bonds. The van der Waals surface area contributed by atoms with Gasteiger partial charge in [-0.3, -0.25) is 19.4 Å². The van der Waals surface area contributed by atoms with Crippen LogP contribution in [0, 0.1) is 11.9 Å². The minimum Gasteiger partial charge on any atom is -0.366 e. The van der Waals surface area contributed by atoms with Gasteiger partial charge in [0.25, 0.3) is 0 Å². The van der Waals surface area contributed by atoms with Crippen LogP contribution >= 0.6 is 0 Å². The highest BCUT2D eigenvalue weighted by Crippen LogP contribution is 2.33. The Morgan fingerprint density at radius 1 is 1.25 bits per heavy atom. The molecule has 0 saturated carbocycles. The summed E-state index contributed by atoms with van der Waals surface area (Å²) >= 11 is 0. The first-order valence-electron chi connectivity index (χ1n) is 8.83. The zero-order valence-electron chi connectivity index (χ0n) is 15.3. The maximum atomic E-state index is 13.1. The van der Waals surface area contributed by atoms with E-state index in [-0.39, 0.29) is 24.6 Å². The molecule has 3 rings (SSSR count). The summed E-state index contributed by atoms with van der Waals surface area (Å²) in [6.45, 7) is 2.39. The lowest BCUT2D eigenvalue weighted by Crippen LogP contribution is -2.46. The average Bonchev–Trinajstić information content (AvgIpc) is 2.68. The molecule has 0 aromatic carbocycles. The maximum Gasteiger partial charge on any atom is 0.313 e. The molecule has 3 N–H and O–H groups in total. The first-order valence-corrected chi connectivity index (χ1v) is 8.83. The molecule has 1 aliphatic rings. The molecule has 3 heterocycles. The number of piperidine rings is 1. The lowest BCUT2D eigenvalue weighted by atomic mass is 9.90. The third-order valence-corrected chi connectivity index (χ3v) is 4.69. The summed E-state index contributed by atoms with van der Waals surface area (Å²) in [5, 5.41) is 2.45. The van der Waals surface area contributed by atoms with Crippen molar-refractivity contribution in [1.82, 2.24) is 14.9 Å². The number of carbonyl (C=O) groups excluding carboxylic acids is 3. The minimum absolute atomic E-state index is 0. The van der Waals surface area contributed by atoms with Crippen LogP contribution in [-0.4, -0.2) is 39.1 Å². The van der Waals surface area contributed by atoms with Crippen molar-refractivity contribution in [3.05, 3.63) is 53.9 Å². The van der Waals surface area contributed by atoms with Gasteiger partial charge >= 0.3 is 11.8 Å². The van der Waals surface area contributed by atoms with Crippen molar-refractivity contribution in [3.63, 3.8) is 0 Å². The third kappa shape index (κ3) is 4.30. The molecule has 1 aliphatic heterocycles. The predicted octanol–water partition coefficient (Wildman–Crippen LogP) is 1.90. The predicted molar refractivity (Wildman–Crippen MR) is 101 cm³/mol. The number of nitrogens with zero attached hydrogens (tertiary/aromatic N) is 3. The van der Waals surface area contributed by atoms with E-state index in [9.17, 15) is 18.8 Å².